The number of fused-ring (bicyclic) bond motifs is 1. The van der Waals surface area contributed by atoms with Gasteiger partial charge in [0.1, 0.15) is 11.0 Å². The molecule has 0 aliphatic carbocycles. The molecular weight excluding hydrogens is 370 g/mol. The Bertz CT molecular complexity index is 1110. The van der Waals surface area contributed by atoms with Gasteiger partial charge in [-0.1, -0.05) is 54.2 Å². The number of thioether (sulfide) groups is 1. The summed E-state index contributed by atoms with van der Waals surface area (Å²) in [5.74, 6) is 0.381. The van der Waals surface area contributed by atoms with Gasteiger partial charge in [0.2, 0.25) is 5.91 Å². The highest BCUT2D eigenvalue weighted by atomic mass is 32.2. The molecule has 0 fully saturated rings. The highest BCUT2D eigenvalue weighted by molar-refractivity contribution is 8.00. The molecule has 2 N–H and O–H groups in total. The molecule has 1 atom stereocenters. The summed E-state index contributed by atoms with van der Waals surface area (Å²) >= 11 is 1.35. The molecule has 140 valence electrons. The Kier molecular flexibility index (Phi) is 5.04. The van der Waals surface area contributed by atoms with Crippen LogP contribution in [0.4, 0.5) is 0 Å². The number of nitrogens with zero attached hydrogens (tertiary/aromatic N) is 2. The van der Waals surface area contributed by atoms with Gasteiger partial charge in [0.25, 0.3) is 0 Å². The van der Waals surface area contributed by atoms with E-state index in [1.807, 2.05) is 83.4 Å². The molecule has 0 aliphatic heterocycles. The first-order chi connectivity index (χ1) is 13.7. The molecule has 0 bridgehead atoms. The van der Waals surface area contributed by atoms with E-state index in [9.17, 15) is 4.79 Å². The number of amides is 1. The van der Waals surface area contributed by atoms with Crippen LogP contribution < -0.4 is 10.5 Å². The van der Waals surface area contributed by atoms with Gasteiger partial charge in [0.05, 0.1) is 18.1 Å². The van der Waals surface area contributed by atoms with E-state index in [2.05, 4.69) is 0 Å². The molecule has 1 amide bonds. The second-order valence-electron chi connectivity index (χ2n) is 6.23. The monoisotopic (exact) mass is 389 g/mol. The summed E-state index contributed by atoms with van der Waals surface area (Å²) in [5, 5.41) is 0.175. The molecule has 3 aromatic carbocycles. The van der Waals surface area contributed by atoms with Crippen LogP contribution in [0.5, 0.6) is 5.75 Å². The maximum absolute atomic E-state index is 12.2. The number of aromatic nitrogens is 2. The zero-order valence-corrected chi connectivity index (χ0v) is 16.1. The molecule has 0 aliphatic rings. The van der Waals surface area contributed by atoms with Gasteiger partial charge in [-0.25, -0.2) is 4.98 Å². The average molecular weight is 389 g/mol. The number of hydrogen-bond acceptors (Lipinski definition) is 4. The number of carbonyl (C=O) groups is 1. The smallest absolute Gasteiger partial charge is 0.235 e. The van der Waals surface area contributed by atoms with E-state index in [4.69, 9.17) is 15.5 Å². The number of ether oxygens (including phenoxy) is 1. The van der Waals surface area contributed by atoms with Crippen molar-refractivity contribution in [2.75, 3.05) is 7.11 Å². The molecular formula is C22H19N3O2S. The molecule has 0 spiro atoms. The molecule has 28 heavy (non-hydrogen) atoms. The Hall–Kier alpha value is -3.25. The quantitative estimate of drug-likeness (QED) is 0.498. The van der Waals surface area contributed by atoms with Gasteiger partial charge in [-0.05, 0) is 42.0 Å². The first-order valence-corrected chi connectivity index (χ1v) is 9.68. The minimum atomic E-state index is -0.532. The van der Waals surface area contributed by atoms with Crippen molar-refractivity contribution >= 4 is 28.7 Å². The molecule has 0 saturated heterocycles. The highest BCUT2D eigenvalue weighted by Gasteiger charge is 2.23. The van der Waals surface area contributed by atoms with E-state index < -0.39 is 11.2 Å². The summed E-state index contributed by atoms with van der Waals surface area (Å²) in [4.78, 5) is 17.0. The maximum atomic E-state index is 12.2. The van der Waals surface area contributed by atoms with Gasteiger partial charge in [-0.2, -0.15) is 0 Å². The van der Waals surface area contributed by atoms with Gasteiger partial charge in [0.15, 0.2) is 5.16 Å². The fourth-order valence-corrected chi connectivity index (χ4v) is 4.17. The van der Waals surface area contributed by atoms with Gasteiger partial charge in [0, 0.05) is 5.69 Å². The second kappa shape index (κ2) is 7.78. The first-order valence-electron chi connectivity index (χ1n) is 8.80. The molecule has 4 aromatic rings. The van der Waals surface area contributed by atoms with Crippen LogP contribution in [0.3, 0.4) is 0 Å². The van der Waals surface area contributed by atoms with Gasteiger partial charge < -0.3 is 10.5 Å². The van der Waals surface area contributed by atoms with Crippen LogP contribution in [0.25, 0.3) is 16.7 Å². The number of hydrogen-bond donors (Lipinski definition) is 1. The molecule has 1 heterocycles. The van der Waals surface area contributed by atoms with Crippen LogP contribution in [0.2, 0.25) is 0 Å². The Morgan fingerprint density at radius 3 is 2.36 bits per heavy atom. The standard InChI is InChI=1S/C22H19N3O2S/c1-27-17-13-11-16(12-14-17)25-19-10-6-5-9-18(19)24-22(25)28-20(21(23)26)15-7-3-2-4-8-15/h2-14,20H,1H3,(H2,23,26). The summed E-state index contributed by atoms with van der Waals surface area (Å²) in [5.41, 5.74) is 9.34. The molecule has 6 heteroatoms. The third-order valence-corrected chi connectivity index (χ3v) is 5.67. The van der Waals surface area contributed by atoms with Gasteiger partial charge >= 0.3 is 0 Å². The number of methoxy groups -OCH3 is 1. The Morgan fingerprint density at radius 2 is 1.68 bits per heavy atom. The van der Waals surface area contributed by atoms with Gasteiger partial charge in [-0.15, -0.1) is 0 Å². The largest absolute Gasteiger partial charge is 0.497 e. The number of primary amides is 1. The number of nitrogens with two attached hydrogens (primary N) is 1. The molecule has 0 radical (unpaired) electrons. The molecule has 1 aromatic heterocycles. The number of para-hydroxylation sites is 2. The first kappa shape index (κ1) is 18.1. The maximum Gasteiger partial charge on any atom is 0.235 e. The Morgan fingerprint density at radius 1 is 1.00 bits per heavy atom. The van der Waals surface area contributed by atoms with Crippen LogP contribution in [0, 0.1) is 0 Å². The fourth-order valence-electron chi connectivity index (χ4n) is 3.09. The van der Waals surface area contributed by atoms with Crippen LogP contribution in [0.15, 0.2) is 84.0 Å². The van der Waals surface area contributed by atoms with E-state index in [0.717, 1.165) is 28.0 Å². The van der Waals surface area contributed by atoms with Gasteiger partial charge in [-0.3, -0.25) is 9.36 Å². The summed E-state index contributed by atoms with van der Waals surface area (Å²) in [6, 6.07) is 25.2. The third kappa shape index (κ3) is 3.46. The van der Waals surface area contributed by atoms with Crippen molar-refractivity contribution < 1.29 is 9.53 Å². The summed E-state index contributed by atoms with van der Waals surface area (Å²) in [7, 11) is 1.64. The average Bonchev–Trinajstić information content (AvgIpc) is 3.10. The number of imidazole rings is 1. The topological polar surface area (TPSA) is 70.1 Å². The molecule has 0 saturated carbocycles. The number of carbonyl (C=O) groups excluding carboxylic acids is 1. The minimum Gasteiger partial charge on any atom is -0.497 e. The van der Waals surface area contributed by atoms with Crippen LogP contribution in [-0.4, -0.2) is 22.6 Å². The Labute approximate surface area is 167 Å². The SMILES string of the molecule is COc1ccc(-n2c(SC(C(N)=O)c3ccccc3)nc3ccccc32)cc1. The summed E-state index contributed by atoms with van der Waals surface area (Å²) in [6.07, 6.45) is 0. The van der Waals surface area contributed by atoms with Crippen molar-refractivity contribution in [2.24, 2.45) is 5.73 Å². The van der Waals surface area contributed by atoms with Crippen molar-refractivity contribution in [3.63, 3.8) is 0 Å². The van der Waals surface area contributed by atoms with Crippen molar-refractivity contribution in [3.8, 4) is 11.4 Å². The molecule has 1 unspecified atom stereocenters. The molecule has 4 rings (SSSR count). The second-order valence-corrected chi connectivity index (χ2v) is 7.30. The van der Waals surface area contributed by atoms with Crippen LogP contribution in [-0.2, 0) is 4.79 Å². The van der Waals surface area contributed by atoms with Crippen molar-refractivity contribution in [1.82, 2.24) is 9.55 Å². The predicted octanol–water partition coefficient (Wildman–Crippen LogP) is 4.35. The summed E-state index contributed by atoms with van der Waals surface area (Å²) < 4.78 is 7.31. The lowest BCUT2D eigenvalue weighted by Crippen LogP contribution is -2.19. The van der Waals surface area contributed by atoms with Crippen LogP contribution in [0.1, 0.15) is 10.8 Å². The lowest BCUT2D eigenvalue weighted by atomic mass is 10.1. The predicted molar refractivity (Wildman–Crippen MR) is 112 cm³/mol. The van der Waals surface area contributed by atoms with E-state index in [1.54, 1.807) is 7.11 Å². The summed E-state index contributed by atoms with van der Waals surface area (Å²) in [6.45, 7) is 0. The normalized spacial score (nSPS) is 12.0. The minimum absolute atomic E-state index is 0.399. The third-order valence-electron chi connectivity index (χ3n) is 4.44. The van der Waals surface area contributed by atoms with E-state index in [-0.39, 0.29) is 0 Å². The van der Waals surface area contributed by atoms with E-state index in [1.165, 1.54) is 11.8 Å². The van der Waals surface area contributed by atoms with Crippen molar-refractivity contribution in [2.45, 2.75) is 10.4 Å². The lowest BCUT2D eigenvalue weighted by Gasteiger charge is -2.15. The van der Waals surface area contributed by atoms with Crippen LogP contribution >= 0.6 is 11.8 Å². The van der Waals surface area contributed by atoms with Crippen molar-refractivity contribution in [1.29, 1.82) is 0 Å². The van der Waals surface area contributed by atoms with E-state index in [0.29, 0.717) is 5.16 Å². The zero-order valence-electron chi connectivity index (χ0n) is 15.3. The number of benzene rings is 3. The fraction of sp³-hybridized carbons (Fsp3) is 0.0909. The van der Waals surface area contributed by atoms with E-state index >= 15 is 0 Å². The highest BCUT2D eigenvalue weighted by Crippen LogP contribution is 2.37. The Balaban J connectivity index is 1.83. The number of rotatable bonds is 6. The van der Waals surface area contributed by atoms with Crippen molar-refractivity contribution in [3.05, 3.63) is 84.4 Å². The molecule has 5 nitrogen and oxygen atoms in total. The lowest BCUT2D eigenvalue weighted by molar-refractivity contribution is -0.117. The zero-order chi connectivity index (χ0) is 19.5.